The van der Waals surface area contributed by atoms with E-state index in [9.17, 15) is 28.1 Å². The zero-order valence-corrected chi connectivity index (χ0v) is 12.8. The van der Waals surface area contributed by atoms with E-state index in [4.69, 9.17) is 11.6 Å². The number of amides is 1. The van der Waals surface area contributed by atoms with Crippen LogP contribution < -0.4 is 4.90 Å². The van der Waals surface area contributed by atoms with Crippen LogP contribution in [-0.2, 0) is 11.0 Å². The second-order valence-corrected chi connectivity index (χ2v) is 5.48. The van der Waals surface area contributed by atoms with Crippen molar-refractivity contribution in [2.45, 2.75) is 13.1 Å². The third-order valence-electron chi connectivity index (χ3n) is 3.63. The summed E-state index contributed by atoms with van der Waals surface area (Å²) in [4.78, 5) is 24.7. The molecule has 0 unspecified atom stereocenters. The standard InChI is InChI=1S/C13H13ClF3N3O3/c1-8(21)18-2-4-19(5-3-18)11-7-10(14)9(13(15,16)17)6-12(11)20(22)23/h6-7H,2-5H2,1H3. The van der Waals surface area contributed by atoms with Gasteiger partial charge in [-0.05, 0) is 6.07 Å². The highest BCUT2D eigenvalue weighted by molar-refractivity contribution is 6.31. The molecule has 0 N–H and O–H groups in total. The normalized spacial score (nSPS) is 15.7. The zero-order chi connectivity index (χ0) is 17.4. The molecule has 1 aromatic rings. The number of rotatable bonds is 2. The Hall–Kier alpha value is -2.03. The number of benzene rings is 1. The second-order valence-electron chi connectivity index (χ2n) is 5.07. The first-order chi connectivity index (χ1) is 10.6. The van der Waals surface area contributed by atoms with Gasteiger partial charge in [-0.1, -0.05) is 11.6 Å². The molecule has 0 bridgehead atoms. The Labute approximate surface area is 134 Å². The first-order valence-electron chi connectivity index (χ1n) is 6.67. The van der Waals surface area contributed by atoms with E-state index >= 15 is 0 Å². The van der Waals surface area contributed by atoms with Gasteiger partial charge >= 0.3 is 6.18 Å². The number of halogens is 4. The predicted molar refractivity (Wildman–Crippen MR) is 77.6 cm³/mol. The van der Waals surface area contributed by atoms with Crippen LogP contribution in [-0.4, -0.2) is 41.9 Å². The van der Waals surface area contributed by atoms with Crippen LogP contribution in [0.5, 0.6) is 0 Å². The number of hydrogen-bond acceptors (Lipinski definition) is 4. The lowest BCUT2D eigenvalue weighted by Crippen LogP contribution is -2.48. The molecular formula is C13H13ClF3N3O3. The maximum atomic E-state index is 12.8. The van der Waals surface area contributed by atoms with Gasteiger partial charge in [0, 0.05) is 39.2 Å². The van der Waals surface area contributed by atoms with Crippen LogP contribution >= 0.6 is 11.6 Å². The van der Waals surface area contributed by atoms with Crippen molar-refractivity contribution in [3.8, 4) is 0 Å². The van der Waals surface area contributed by atoms with Gasteiger partial charge in [-0.3, -0.25) is 14.9 Å². The monoisotopic (exact) mass is 351 g/mol. The van der Waals surface area contributed by atoms with Crippen LogP contribution in [0.2, 0.25) is 5.02 Å². The molecule has 23 heavy (non-hydrogen) atoms. The van der Waals surface area contributed by atoms with Gasteiger partial charge in [0.25, 0.3) is 5.69 Å². The van der Waals surface area contributed by atoms with E-state index in [-0.39, 0.29) is 24.7 Å². The van der Waals surface area contributed by atoms with Crippen molar-refractivity contribution < 1.29 is 22.9 Å². The zero-order valence-electron chi connectivity index (χ0n) is 12.1. The summed E-state index contributed by atoms with van der Waals surface area (Å²) in [6, 6.07) is 1.42. The van der Waals surface area contributed by atoms with Crippen LogP contribution in [0.1, 0.15) is 12.5 Å². The van der Waals surface area contributed by atoms with Crippen molar-refractivity contribution in [2.24, 2.45) is 0 Å². The number of anilines is 1. The van der Waals surface area contributed by atoms with Gasteiger partial charge in [-0.2, -0.15) is 13.2 Å². The number of piperazine rings is 1. The predicted octanol–water partition coefficient (Wildman–Crippen LogP) is 2.94. The van der Waals surface area contributed by atoms with Crippen molar-refractivity contribution in [1.29, 1.82) is 0 Å². The largest absolute Gasteiger partial charge is 0.418 e. The van der Waals surface area contributed by atoms with E-state index in [1.54, 1.807) is 9.80 Å². The number of nitro groups is 1. The first-order valence-corrected chi connectivity index (χ1v) is 7.04. The summed E-state index contributed by atoms with van der Waals surface area (Å²) in [5, 5.41) is 10.5. The molecule has 1 aliphatic heterocycles. The summed E-state index contributed by atoms with van der Waals surface area (Å²) in [6.45, 7) is 2.65. The maximum absolute atomic E-state index is 12.8. The van der Waals surface area contributed by atoms with Crippen molar-refractivity contribution in [3.63, 3.8) is 0 Å². The molecule has 0 spiro atoms. The molecule has 1 amide bonds. The molecule has 1 aliphatic rings. The Balaban J connectivity index is 2.38. The molecule has 0 saturated carbocycles. The lowest BCUT2D eigenvalue weighted by Gasteiger charge is -2.35. The molecule has 126 valence electrons. The van der Waals surface area contributed by atoms with E-state index in [0.717, 1.165) is 6.07 Å². The minimum atomic E-state index is -4.77. The van der Waals surface area contributed by atoms with E-state index in [1.165, 1.54) is 6.92 Å². The highest BCUT2D eigenvalue weighted by Gasteiger charge is 2.37. The van der Waals surface area contributed by atoms with Crippen molar-refractivity contribution >= 4 is 28.9 Å². The number of hydrogen-bond donors (Lipinski definition) is 0. The molecule has 6 nitrogen and oxygen atoms in total. The highest BCUT2D eigenvalue weighted by Crippen LogP contribution is 2.41. The quantitative estimate of drug-likeness (QED) is 0.607. The lowest BCUT2D eigenvalue weighted by atomic mass is 10.1. The minimum absolute atomic E-state index is 0.0243. The minimum Gasteiger partial charge on any atom is -0.362 e. The fourth-order valence-electron chi connectivity index (χ4n) is 2.43. The summed E-state index contributed by atoms with van der Waals surface area (Å²) < 4.78 is 38.5. The fraction of sp³-hybridized carbons (Fsp3) is 0.462. The summed E-state index contributed by atoms with van der Waals surface area (Å²) >= 11 is 5.66. The number of nitrogens with zero attached hydrogens (tertiary/aromatic N) is 3. The van der Waals surface area contributed by atoms with Crippen LogP contribution in [0.4, 0.5) is 24.5 Å². The van der Waals surface area contributed by atoms with Crippen LogP contribution in [0.3, 0.4) is 0 Å². The molecule has 0 aliphatic carbocycles. The SMILES string of the molecule is CC(=O)N1CCN(c2cc(Cl)c(C(F)(F)F)cc2[N+](=O)[O-])CC1. The van der Waals surface area contributed by atoms with Gasteiger partial charge in [0.1, 0.15) is 5.69 Å². The van der Waals surface area contributed by atoms with Crippen LogP contribution in [0, 0.1) is 10.1 Å². The Kier molecular flexibility index (Phi) is 4.69. The maximum Gasteiger partial charge on any atom is 0.418 e. The molecule has 1 fully saturated rings. The second kappa shape index (κ2) is 6.23. The van der Waals surface area contributed by atoms with E-state index < -0.39 is 27.4 Å². The summed E-state index contributed by atoms with van der Waals surface area (Å²) in [6.07, 6.45) is -4.77. The summed E-state index contributed by atoms with van der Waals surface area (Å²) in [7, 11) is 0. The Bertz CT molecular complexity index is 643. The molecule has 0 radical (unpaired) electrons. The molecule has 10 heteroatoms. The third kappa shape index (κ3) is 3.66. The van der Waals surface area contributed by atoms with E-state index in [1.807, 2.05) is 0 Å². The average molecular weight is 352 g/mol. The highest BCUT2D eigenvalue weighted by atomic mass is 35.5. The third-order valence-corrected chi connectivity index (χ3v) is 3.94. The topological polar surface area (TPSA) is 66.7 Å². The van der Waals surface area contributed by atoms with E-state index in [0.29, 0.717) is 19.2 Å². The summed E-state index contributed by atoms with van der Waals surface area (Å²) in [5.41, 5.74) is -1.87. The van der Waals surface area contributed by atoms with E-state index in [2.05, 4.69) is 0 Å². The Morgan fingerprint density at radius 2 is 1.83 bits per heavy atom. The van der Waals surface area contributed by atoms with Crippen molar-refractivity contribution in [1.82, 2.24) is 4.90 Å². The molecular weight excluding hydrogens is 339 g/mol. The van der Waals surface area contributed by atoms with Crippen LogP contribution in [0.25, 0.3) is 0 Å². The average Bonchev–Trinajstić information content (AvgIpc) is 2.45. The molecule has 2 rings (SSSR count). The number of alkyl halides is 3. The molecule has 1 saturated heterocycles. The molecule has 1 aromatic carbocycles. The van der Waals surface area contributed by atoms with Crippen molar-refractivity contribution in [2.75, 3.05) is 31.1 Å². The van der Waals surface area contributed by atoms with Gasteiger partial charge < -0.3 is 9.80 Å². The number of nitro benzene ring substituents is 1. The molecule has 1 heterocycles. The van der Waals surface area contributed by atoms with Gasteiger partial charge in [-0.25, -0.2) is 0 Å². The van der Waals surface area contributed by atoms with Crippen LogP contribution in [0.15, 0.2) is 12.1 Å². The van der Waals surface area contributed by atoms with Gasteiger partial charge in [0.2, 0.25) is 5.91 Å². The Morgan fingerprint density at radius 1 is 1.26 bits per heavy atom. The van der Waals surface area contributed by atoms with Gasteiger partial charge in [0.05, 0.1) is 15.5 Å². The smallest absolute Gasteiger partial charge is 0.362 e. The Morgan fingerprint density at radius 3 is 2.26 bits per heavy atom. The lowest BCUT2D eigenvalue weighted by molar-refractivity contribution is -0.384. The van der Waals surface area contributed by atoms with Crippen molar-refractivity contribution in [3.05, 3.63) is 32.8 Å². The molecule has 0 aromatic heterocycles. The summed E-state index contributed by atoms with van der Waals surface area (Å²) in [5.74, 6) is -0.121. The number of carbonyl (C=O) groups is 1. The fourth-order valence-corrected chi connectivity index (χ4v) is 2.70. The van der Waals surface area contributed by atoms with Gasteiger partial charge in [-0.15, -0.1) is 0 Å². The first kappa shape index (κ1) is 17.3. The molecule has 0 atom stereocenters. The number of carbonyl (C=O) groups excluding carboxylic acids is 1. The van der Waals surface area contributed by atoms with Gasteiger partial charge in [0.15, 0.2) is 0 Å².